The third-order valence-electron chi connectivity index (χ3n) is 0.634. The van der Waals surface area contributed by atoms with Crippen LogP contribution in [0.1, 0.15) is 0 Å². The van der Waals surface area contributed by atoms with Gasteiger partial charge in [0.2, 0.25) is 5.91 Å². The number of rotatable bonds is 3. The van der Waals surface area contributed by atoms with Gasteiger partial charge in [0.15, 0.2) is 0 Å². The van der Waals surface area contributed by atoms with Crippen molar-refractivity contribution in [3.05, 3.63) is 26.0 Å². The molecule has 8 nitrogen and oxygen atoms in total. The van der Waals surface area contributed by atoms with E-state index in [4.69, 9.17) is 5.73 Å². The van der Waals surface area contributed by atoms with Crippen LogP contribution in [0, 0.1) is 20.2 Å². The number of nitro groups is 2. The van der Waals surface area contributed by atoms with Crippen LogP contribution >= 0.6 is 0 Å². The first-order chi connectivity index (χ1) is 4.46. The predicted molar refractivity (Wildman–Crippen MR) is 27.1 cm³/mol. The molecule has 0 aromatic carbocycles. The molecule has 0 aliphatic carbocycles. The number of carbonyl (C=O) groups is 1. The van der Waals surface area contributed by atoms with Gasteiger partial charge in [0.25, 0.3) is 0 Å². The van der Waals surface area contributed by atoms with Crippen LogP contribution in [0.5, 0.6) is 0 Å². The number of hydrogen-bond acceptors (Lipinski definition) is 5. The molecule has 0 aliphatic rings. The average Bonchev–Trinajstić information content (AvgIpc) is 1.59. The maximum absolute atomic E-state index is 9.81. The Morgan fingerprint density at radius 1 is 1.27 bits per heavy atom. The summed E-state index contributed by atoms with van der Waals surface area (Å²) in [4.78, 5) is 26.2. The zero-order chi connectivity index (χ0) is 8.31. The van der Waals surface area contributed by atoms with Crippen molar-refractivity contribution >= 4 is 5.91 Å². The smallest absolute Gasteiger partial charge is 0.655 e. The summed E-state index contributed by atoms with van der Waals surface area (Å²) in [6.45, 7) is 0. The van der Waals surface area contributed by atoms with Crippen LogP contribution in [0.2, 0.25) is 0 Å². The Morgan fingerprint density at radius 2 is 1.55 bits per heavy atom. The molecule has 9 heteroatoms. The van der Waals surface area contributed by atoms with E-state index in [1.807, 2.05) is 0 Å². The number of nitrogens with one attached hydrogen (secondary N) is 1. The van der Waals surface area contributed by atoms with Gasteiger partial charge in [-0.15, -0.1) is 0 Å². The van der Waals surface area contributed by atoms with Crippen LogP contribution in [0.15, 0.2) is 0 Å². The molecular weight excluding hydrogens is 185 g/mol. The van der Waals surface area contributed by atoms with Crippen molar-refractivity contribution in [1.29, 1.82) is 0 Å². The zero-order valence-corrected chi connectivity index (χ0v) is 8.64. The summed E-state index contributed by atoms with van der Waals surface area (Å²) in [5, 5.41) is 19.2. The molecule has 0 aromatic heterocycles. The molecule has 0 rings (SSSR count). The molecule has 0 unspecified atom stereocenters. The molecule has 0 bridgehead atoms. The summed E-state index contributed by atoms with van der Waals surface area (Å²) >= 11 is 0. The van der Waals surface area contributed by atoms with Crippen molar-refractivity contribution in [1.82, 2.24) is 0 Å². The number of carbonyl (C=O) groups excluding carboxylic acids is 1. The Bertz CT molecular complexity index is 159. The molecule has 11 heavy (non-hydrogen) atoms. The van der Waals surface area contributed by atoms with Gasteiger partial charge in [-0.05, 0) is 0 Å². The van der Waals surface area contributed by atoms with Gasteiger partial charge in [-0.3, -0.25) is 20.2 Å². The fourth-order valence-corrected chi connectivity index (χ4v) is 0.268. The second-order valence-electron chi connectivity index (χ2n) is 1.31. The Morgan fingerprint density at radius 3 is 1.55 bits per heavy atom. The fourth-order valence-electron chi connectivity index (χ4n) is 0.268. The van der Waals surface area contributed by atoms with Crippen LogP contribution in [-0.2, 0) is 4.79 Å². The van der Waals surface area contributed by atoms with E-state index in [0.717, 1.165) is 0 Å². The molecule has 56 valence electrons. The van der Waals surface area contributed by atoms with E-state index in [1.54, 1.807) is 0 Å². The second kappa shape index (κ2) is 5.54. The van der Waals surface area contributed by atoms with Crippen LogP contribution in [0.4, 0.5) is 0 Å². The predicted octanol–water partition coefficient (Wildman–Crippen LogP) is -3.55. The third-order valence-corrected chi connectivity index (χ3v) is 0.634. The van der Waals surface area contributed by atoms with E-state index in [9.17, 15) is 25.0 Å². The first-order valence-corrected chi connectivity index (χ1v) is 1.99. The quantitative estimate of drug-likeness (QED) is 0.195. The van der Waals surface area contributed by atoms with Gasteiger partial charge in [-0.1, -0.05) is 0 Å². The second-order valence-corrected chi connectivity index (χ2v) is 1.31. The SMILES string of the molecule is [K+].[NH-]C(=O)C([N+](=O)[O-])[N+](=O)[O-]. The van der Waals surface area contributed by atoms with Gasteiger partial charge in [0, 0.05) is 0 Å². The van der Waals surface area contributed by atoms with Crippen LogP contribution in [0.25, 0.3) is 5.73 Å². The van der Waals surface area contributed by atoms with Crippen molar-refractivity contribution < 1.29 is 66.0 Å². The Labute approximate surface area is 103 Å². The van der Waals surface area contributed by atoms with Gasteiger partial charge < -0.3 is 10.5 Å². The minimum absolute atomic E-state index is 0. The van der Waals surface area contributed by atoms with E-state index in [1.165, 1.54) is 0 Å². The summed E-state index contributed by atoms with van der Waals surface area (Å²) in [7, 11) is 0. The molecule has 0 spiro atoms. The molecule has 1 N–H and O–H groups in total. The molecule has 0 saturated carbocycles. The normalized spacial score (nSPS) is 8.45. The third kappa shape index (κ3) is 4.37. The van der Waals surface area contributed by atoms with Crippen LogP contribution in [0.3, 0.4) is 0 Å². The minimum Gasteiger partial charge on any atom is -0.655 e. The Hall–Kier alpha value is -0.0936. The standard InChI is InChI=1S/C2H3N3O5.K/c3-1(6)2(4(7)8)5(9)10;/h2H,(H2,3,6);/q;+1/p-1. The maximum Gasteiger partial charge on any atom is 1.00 e. The van der Waals surface area contributed by atoms with Crippen molar-refractivity contribution in [2.75, 3.05) is 0 Å². The van der Waals surface area contributed by atoms with Crippen molar-refractivity contribution in [3.8, 4) is 0 Å². The van der Waals surface area contributed by atoms with E-state index < -0.39 is 21.9 Å². The number of nitrogens with zero attached hydrogens (tertiary/aromatic N) is 2. The molecule has 1 amide bonds. The van der Waals surface area contributed by atoms with Gasteiger partial charge in [-0.2, -0.15) is 0 Å². The molecular formula is C2H2KN3O5. The van der Waals surface area contributed by atoms with Gasteiger partial charge in [0.1, 0.15) is 9.85 Å². The number of amides is 1. The molecule has 0 aliphatic heterocycles. The molecule has 0 radical (unpaired) electrons. The monoisotopic (exact) mass is 187 g/mol. The van der Waals surface area contributed by atoms with Crippen molar-refractivity contribution in [2.45, 2.75) is 6.17 Å². The van der Waals surface area contributed by atoms with Crippen molar-refractivity contribution in [2.24, 2.45) is 0 Å². The van der Waals surface area contributed by atoms with Crippen LogP contribution in [-0.4, -0.2) is 21.9 Å². The largest absolute Gasteiger partial charge is 1.00 e. The molecule has 0 aromatic rings. The van der Waals surface area contributed by atoms with E-state index in [0.29, 0.717) is 0 Å². The van der Waals surface area contributed by atoms with Gasteiger partial charge in [0.05, 0.1) is 0 Å². The summed E-state index contributed by atoms with van der Waals surface area (Å²) in [6.07, 6.45) is -2.64. The fraction of sp³-hybridized carbons (Fsp3) is 0.500. The maximum atomic E-state index is 9.81. The topological polar surface area (TPSA) is 127 Å². The van der Waals surface area contributed by atoms with E-state index in [2.05, 4.69) is 0 Å². The van der Waals surface area contributed by atoms with Crippen LogP contribution < -0.4 is 51.4 Å². The van der Waals surface area contributed by atoms with Gasteiger partial charge >= 0.3 is 57.6 Å². The zero-order valence-electron chi connectivity index (χ0n) is 5.51. The van der Waals surface area contributed by atoms with E-state index in [-0.39, 0.29) is 51.4 Å². The Kier molecular flexibility index (Phi) is 6.80. The van der Waals surface area contributed by atoms with Crippen molar-refractivity contribution in [3.63, 3.8) is 0 Å². The first-order valence-electron chi connectivity index (χ1n) is 1.99. The van der Waals surface area contributed by atoms with E-state index >= 15 is 0 Å². The molecule has 0 atom stereocenters. The molecule has 0 saturated heterocycles. The van der Waals surface area contributed by atoms with Gasteiger partial charge in [-0.25, -0.2) is 0 Å². The first kappa shape index (κ1) is 13.5. The average molecular weight is 187 g/mol. The molecule has 0 heterocycles. The summed E-state index contributed by atoms with van der Waals surface area (Å²) in [6, 6.07) is 0. The summed E-state index contributed by atoms with van der Waals surface area (Å²) < 4.78 is 0. The minimum atomic E-state index is -2.64. The number of hydrogen-bond donors (Lipinski definition) is 0. The summed E-state index contributed by atoms with van der Waals surface area (Å²) in [5.41, 5.74) is 6.07. The summed E-state index contributed by atoms with van der Waals surface area (Å²) in [5.74, 6) is -1.82. The molecule has 0 fully saturated rings. The Balaban J connectivity index is 0.